The lowest BCUT2D eigenvalue weighted by Gasteiger charge is -2.00. The fraction of sp³-hybridized carbons (Fsp3) is 0.308. The molecule has 0 amide bonds. The Morgan fingerprint density at radius 3 is 2.50 bits per heavy atom. The highest BCUT2D eigenvalue weighted by atomic mass is 35.5. The molecule has 1 aromatic carbocycles. The number of methoxy groups -OCH3 is 1. The molecule has 1 aromatic rings. The number of aliphatic hydroxyl groups excluding tert-OH is 1. The van der Waals surface area contributed by atoms with Gasteiger partial charge in [0.05, 0.1) is 19.9 Å². The van der Waals surface area contributed by atoms with Gasteiger partial charge in [0.2, 0.25) is 0 Å². The molecule has 0 fully saturated rings. The summed E-state index contributed by atoms with van der Waals surface area (Å²) in [7, 11) is 1.64. The highest BCUT2D eigenvalue weighted by Gasteiger charge is 2.03. The van der Waals surface area contributed by atoms with Crippen molar-refractivity contribution in [1.82, 2.24) is 5.32 Å². The summed E-state index contributed by atoms with van der Waals surface area (Å²) in [6.07, 6.45) is 1.71. The van der Waals surface area contributed by atoms with Gasteiger partial charge in [-0.3, -0.25) is 10.1 Å². The van der Waals surface area contributed by atoms with Gasteiger partial charge in [-0.05, 0) is 24.3 Å². The van der Waals surface area contributed by atoms with Crippen molar-refractivity contribution in [1.29, 1.82) is 0 Å². The van der Waals surface area contributed by atoms with E-state index in [4.69, 9.17) is 16.7 Å². The van der Waals surface area contributed by atoms with Crippen LogP contribution in [0, 0.1) is 0 Å². The fourth-order valence-electron chi connectivity index (χ4n) is 1.03. The third-order valence-electron chi connectivity index (χ3n) is 1.85. The maximum absolute atomic E-state index is 11.3. The molecule has 0 radical (unpaired) electrons. The number of carbonyl (C=O) groups is 1. The molecule has 0 spiro atoms. The van der Waals surface area contributed by atoms with E-state index in [1.54, 1.807) is 37.5 Å². The fourth-order valence-corrected chi connectivity index (χ4v) is 1.15. The molecule has 0 heterocycles. The van der Waals surface area contributed by atoms with Crippen LogP contribution in [-0.4, -0.2) is 37.9 Å². The second kappa shape index (κ2) is 10.9. The zero-order chi connectivity index (χ0) is 13.8. The number of halogens is 1. The maximum atomic E-state index is 11.3. The van der Waals surface area contributed by atoms with E-state index in [0.717, 1.165) is 0 Å². The molecule has 0 aliphatic heterocycles. The van der Waals surface area contributed by atoms with Crippen LogP contribution in [0.2, 0.25) is 5.02 Å². The Balaban J connectivity index is 0.000000494. The first-order valence-electron chi connectivity index (χ1n) is 5.35. The van der Waals surface area contributed by atoms with Crippen molar-refractivity contribution in [3.8, 4) is 0 Å². The monoisotopic (exact) mass is 271 g/mol. The Morgan fingerprint density at radius 2 is 2.11 bits per heavy atom. The predicted octanol–water partition coefficient (Wildman–Crippen LogP) is 1.88. The van der Waals surface area contributed by atoms with Gasteiger partial charge in [0.1, 0.15) is 0 Å². The summed E-state index contributed by atoms with van der Waals surface area (Å²) in [6, 6.07) is 6.63. The van der Waals surface area contributed by atoms with Crippen molar-refractivity contribution in [3.05, 3.63) is 47.5 Å². The lowest BCUT2D eigenvalue weighted by atomic mass is 10.1. The minimum absolute atomic E-state index is 0.0642. The molecular weight excluding hydrogens is 254 g/mol. The van der Waals surface area contributed by atoms with Gasteiger partial charge < -0.3 is 9.84 Å². The molecule has 0 atom stereocenters. The van der Waals surface area contributed by atoms with Gasteiger partial charge in [-0.2, -0.15) is 0 Å². The number of Topliss-reactive ketones (excluding diaryl/α,β-unsaturated/α-hetero) is 1. The van der Waals surface area contributed by atoms with E-state index in [-0.39, 0.29) is 19.1 Å². The van der Waals surface area contributed by atoms with E-state index in [1.165, 1.54) is 0 Å². The molecule has 0 unspecified atom stereocenters. The number of benzene rings is 1. The quantitative estimate of drug-likeness (QED) is 0.471. The number of hydrogen-bond donors (Lipinski definition) is 2. The standard InChI is InChI=1S/C9H10ClNO2.C4H8O/c10-8-3-1-7(2-4-8)9(13)5-11-6-12;1-3-4-5-2/h1-4,11-12H,5-6H2;3H,1,4H2,2H3. The molecule has 0 bridgehead atoms. The van der Waals surface area contributed by atoms with Crippen LogP contribution >= 0.6 is 11.6 Å². The highest BCUT2D eigenvalue weighted by molar-refractivity contribution is 6.30. The van der Waals surface area contributed by atoms with E-state index in [2.05, 4.69) is 16.6 Å². The zero-order valence-corrected chi connectivity index (χ0v) is 11.1. The Hall–Kier alpha value is -1.20. The summed E-state index contributed by atoms with van der Waals surface area (Å²) in [6.45, 7) is 4.02. The van der Waals surface area contributed by atoms with Crippen molar-refractivity contribution in [2.75, 3.05) is 27.0 Å². The van der Waals surface area contributed by atoms with Crippen LogP contribution in [0.15, 0.2) is 36.9 Å². The third kappa shape index (κ3) is 7.97. The van der Waals surface area contributed by atoms with Crippen LogP contribution in [0.5, 0.6) is 0 Å². The van der Waals surface area contributed by atoms with E-state index in [0.29, 0.717) is 17.2 Å². The predicted molar refractivity (Wildman–Crippen MR) is 72.9 cm³/mol. The first-order chi connectivity index (χ1) is 8.65. The Bertz CT molecular complexity index is 352. The van der Waals surface area contributed by atoms with Gasteiger partial charge in [-0.1, -0.05) is 17.7 Å². The smallest absolute Gasteiger partial charge is 0.176 e. The number of aliphatic hydroxyl groups is 1. The van der Waals surface area contributed by atoms with Crippen molar-refractivity contribution in [2.45, 2.75) is 0 Å². The van der Waals surface area contributed by atoms with Gasteiger partial charge in [-0.15, -0.1) is 6.58 Å². The van der Waals surface area contributed by atoms with Gasteiger partial charge in [0.15, 0.2) is 5.78 Å². The first-order valence-corrected chi connectivity index (χ1v) is 5.73. The van der Waals surface area contributed by atoms with Crippen LogP contribution < -0.4 is 5.32 Å². The molecule has 0 saturated heterocycles. The van der Waals surface area contributed by atoms with Crippen molar-refractivity contribution in [2.24, 2.45) is 0 Å². The average Bonchev–Trinajstić information content (AvgIpc) is 2.38. The zero-order valence-electron chi connectivity index (χ0n) is 10.4. The molecular formula is C13H18ClNO3. The molecule has 2 N–H and O–H groups in total. The molecule has 5 heteroatoms. The summed E-state index contributed by atoms with van der Waals surface area (Å²) in [5.41, 5.74) is 0.588. The number of rotatable bonds is 6. The number of nitrogens with one attached hydrogen (secondary N) is 1. The first kappa shape index (κ1) is 16.8. The van der Waals surface area contributed by atoms with Gasteiger partial charge in [-0.25, -0.2) is 0 Å². The summed E-state index contributed by atoms with van der Waals surface area (Å²) >= 11 is 5.65. The second-order valence-corrected chi connectivity index (χ2v) is 3.70. The third-order valence-corrected chi connectivity index (χ3v) is 2.10. The number of ether oxygens (including phenoxy) is 1. The molecule has 100 valence electrons. The topological polar surface area (TPSA) is 58.6 Å². The minimum Gasteiger partial charge on any atom is -0.381 e. The van der Waals surface area contributed by atoms with E-state index >= 15 is 0 Å². The van der Waals surface area contributed by atoms with Crippen molar-refractivity contribution >= 4 is 17.4 Å². The van der Waals surface area contributed by atoms with Gasteiger partial charge >= 0.3 is 0 Å². The highest BCUT2D eigenvalue weighted by Crippen LogP contribution is 2.09. The number of carbonyl (C=O) groups excluding carboxylic acids is 1. The average molecular weight is 272 g/mol. The van der Waals surface area contributed by atoms with E-state index in [1.807, 2.05) is 0 Å². The summed E-state index contributed by atoms with van der Waals surface area (Å²) < 4.78 is 4.57. The normalized spacial score (nSPS) is 9.28. The molecule has 0 aliphatic carbocycles. The number of ketones is 1. The molecule has 18 heavy (non-hydrogen) atoms. The molecule has 0 aliphatic rings. The largest absolute Gasteiger partial charge is 0.381 e. The van der Waals surface area contributed by atoms with Crippen molar-refractivity contribution in [3.63, 3.8) is 0 Å². The lowest BCUT2D eigenvalue weighted by Crippen LogP contribution is -2.23. The maximum Gasteiger partial charge on any atom is 0.176 e. The minimum atomic E-state index is -0.195. The summed E-state index contributed by atoms with van der Waals surface area (Å²) in [5.74, 6) is -0.0642. The SMILES string of the molecule is C=CCOC.O=C(CNCO)c1ccc(Cl)cc1. The van der Waals surface area contributed by atoms with E-state index < -0.39 is 0 Å². The molecule has 0 aromatic heterocycles. The molecule has 0 saturated carbocycles. The van der Waals surface area contributed by atoms with E-state index in [9.17, 15) is 4.79 Å². The molecule has 4 nitrogen and oxygen atoms in total. The second-order valence-electron chi connectivity index (χ2n) is 3.26. The van der Waals surface area contributed by atoms with Crippen LogP contribution in [0.1, 0.15) is 10.4 Å². The number of hydrogen-bond acceptors (Lipinski definition) is 4. The van der Waals surface area contributed by atoms with Crippen LogP contribution in [-0.2, 0) is 4.74 Å². The summed E-state index contributed by atoms with van der Waals surface area (Å²) in [5, 5.41) is 11.6. The van der Waals surface area contributed by atoms with Crippen molar-refractivity contribution < 1.29 is 14.6 Å². The summed E-state index contributed by atoms with van der Waals surface area (Å²) in [4.78, 5) is 11.3. The Kier molecular flexibility index (Phi) is 10.2. The Labute approximate surface area is 112 Å². The van der Waals surface area contributed by atoms with Crippen LogP contribution in [0.4, 0.5) is 0 Å². The van der Waals surface area contributed by atoms with Crippen LogP contribution in [0.3, 0.4) is 0 Å². The Morgan fingerprint density at radius 1 is 1.50 bits per heavy atom. The van der Waals surface area contributed by atoms with Gasteiger partial charge in [0.25, 0.3) is 0 Å². The van der Waals surface area contributed by atoms with Gasteiger partial charge in [0, 0.05) is 17.7 Å². The van der Waals surface area contributed by atoms with Crippen LogP contribution in [0.25, 0.3) is 0 Å². The molecule has 1 rings (SSSR count). The lowest BCUT2D eigenvalue weighted by molar-refractivity contribution is 0.0979.